The molecule has 2 aromatic rings. The number of aliphatic carboxylic acids is 1. The summed E-state index contributed by atoms with van der Waals surface area (Å²) in [4.78, 5) is 34.2. The van der Waals surface area contributed by atoms with Crippen molar-refractivity contribution in [3.63, 3.8) is 0 Å². The molecule has 1 amide bonds. The molecule has 1 atom stereocenters. The van der Waals surface area contributed by atoms with Crippen molar-refractivity contribution >= 4 is 17.8 Å². The zero-order valence-electron chi connectivity index (χ0n) is 17.4. The second-order valence-corrected chi connectivity index (χ2v) is 7.69. The predicted octanol–water partition coefficient (Wildman–Crippen LogP) is 2.75. The Morgan fingerprint density at radius 1 is 1.19 bits per heavy atom. The summed E-state index contributed by atoms with van der Waals surface area (Å²) in [5, 5.41) is 7.12. The lowest BCUT2D eigenvalue weighted by molar-refractivity contribution is -0.192. The van der Waals surface area contributed by atoms with E-state index in [1.807, 2.05) is 12.1 Å². The van der Waals surface area contributed by atoms with Gasteiger partial charge in [0.1, 0.15) is 5.75 Å². The van der Waals surface area contributed by atoms with E-state index in [0.29, 0.717) is 5.95 Å². The number of nitrogens with zero attached hydrogens (tertiary/aromatic N) is 4. The van der Waals surface area contributed by atoms with Gasteiger partial charge in [0.05, 0.1) is 12.5 Å². The van der Waals surface area contributed by atoms with Gasteiger partial charge in [0, 0.05) is 32.0 Å². The summed E-state index contributed by atoms with van der Waals surface area (Å²) in [5.41, 5.74) is 0.983. The first kappa shape index (κ1) is 23.5. The highest BCUT2D eigenvalue weighted by Crippen LogP contribution is 2.41. The minimum Gasteiger partial charge on any atom is -0.497 e. The van der Waals surface area contributed by atoms with Crippen molar-refractivity contribution < 1.29 is 32.6 Å². The molecule has 0 bridgehead atoms. The van der Waals surface area contributed by atoms with E-state index in [0.717, 1.165) is 44.8 Å². The average Bonchev–Trinajstić information content (AvgIpc) is 2.78. The third-order valence-electron chi connectivity index (χ3n) is 5.42. The number of amides is 1. The molecule has 4 rings (SSSR count). The third-order valence-corrected chi connectivity index (χ3v) is 5.42. The van der Waals surface area contributed by atoms with Crippen molar-refractivity contribution in [3.8, 4) is 5.75 Å². The number of halogens is 3. The predicted molar refractivity (Wildman–Crippen MR) is 108 cm³/mol. The summed E-state index contributed by atoms with van der Waals surface area (Å²) in [6.45, 7) is 3.42. The Hall–Kier alpha value is -3.21. The zero-order chi connectivity index (χ0) is 23.4. The fraction of sp³-hybridized carbons (Fsp3) is 0.429. The monoisotopic (exact) mass is 452 g/mol. The van der Waals surface area contributed by atoms with Crippen LogP contribution < -0.4 is 9.64 Å². The maximum Gasteiger partial charge on any atom is 0.490 e. The van der Waals surface area contributed by atoms with Gasteiger partial charge in [0.25, 0.3) is 0 Å². The second-order valence-electron chi connectivity index (χ2n) is 7.69. The Kier molecular flexibility index (Phi) is 6.97. The fourth-order valence-corrected chi connectivity index (χ4v) is 3.88. The van der Waals surface area contributed by atoms with Gasteiger partial charge in [0.15, 0.2) is 0 Å². The van der Waals surface area contributed by atoms with Gasteiger partial charge < -0.3 is 9.84 Å². The number of carbonyl (C=O) groups is 2. The molecule has 3 heterocycles. The van der Waals surface area contributed by atoms with E-state index in [1.165, 1.54) is 5.56 Å². The van der Waals surface area contributed by atoms with Crippen LogP contribution in [0.25, 0.3) is 0 Å². The molecule has 1 aromatic carbocycles. The molecule has 2 aliphatic rings. The smallest absolute Gasteiger partial charge is 0.490 e. The molecule has 0 aliphatic carbocycles. The first-order chi connectivity index (χ1) is 15.1. The molecule has 2 fully saturated rings. The number of alkyl halides is 3. The van der Waals surface area contributed by atoms with Crippen LogP contribution in [0.5, 0.6) is 5.75 Å². The topological polar surface area (TPSA) is 95.9 Å². The van der Waals surface area contributed by atoms with Gasteiger partial charge in [-0.2, -0.15) is 13.2 Å². The number of likely N-dealkylation sites (tertiary alicyclic amines) is 1. The van der Waals surface area contributed by atoms with Crippen LogP contribution in [-0.2, 0) is 16.1 Å². The maximum absolute atomic E-state index is 12.8. The second kappa shape index (κ2) is 9.51. The summed E-state index contributed by atoms with van der Waals surface area (Å²) in [6.07, 6.45) is 0.272. The van der Waals surface area contributed by atoms with E-state index in [9.17, 15) is 18.0 Å². The number of hydrogen-bond acceptors (Lipinski definition) is 6. The molecule has 2 saturated heterocycles. The molecule has 1 aromatic heterocycles. The quantitative estimate of drug-likeness (QED) is 0.713. The minimum absolute atomic E-state index is 0.165. The Morgan fingerprint density at radius 2 is 1.81 bits per heavy atom. The van der Waals surface area contributed by atoms with Crippen molar-refractivity contribution in [3.05, 3.63) is 48.3 Å². The summed E-state index contributed by atoms with van der Waals surface area (Å²) in [5.74, 6) is -1.21. The van der Waals surface area contributed by atoms with Gasteiger partial charge in [-0.1, -0.05) is 12.1 Å². The minimum atomic E-state index is -5.08. The highest BCUT2D eigenvalue weighted by molar-refractivity contribution is 6.03. The number of benzene rings is 1. The highest BCUT2D eigenvalue weighted by Gasteiger charge is 2.55. The van der Waals surface area contributed by atoms with Crippen molar-refractivity contribution in [2.45, 2.75) is 25.6 Å². The SMILES string of the molecule is COc1ccc(CN2CCCC3(C2)CN(c2ncccn2)C3=O)cc1.O=C(O)C(F)(F)F. The van der Waals surface area contributed by atoms with Crippen LogP contribution in [-0.4, -0.2) is 64.8 Å². The largest absolute Gasteiger partial charge is 0.497 e. The molecular weight excluding hydrogens is 429 g/mol. The van der Waals surface area contributed by atoms with Gasteiger partial charge in [-0.3, -0.25) is 14.6 Å². The number of carboxylic acids is 1. The lowest BCUT2D eigenvalue weighted by atomic mass is 9.72. The summed E-state index contributed by atoms with van der Waals surface area (Å²) in [7, 11) is 1.67. The van der Waals surface area contributed by atoms with Gasteiger partial charge in [-0.15, -0.1) is 0 Å². The molecule has 0 radical (unpaired) electrons. The third kappa shape index (κ3) is 5.34. The van der Waals surface area contributed by atoms with E-state index in [4.69, 9.17) is 14.6 Å². The fourth-order valence-electron chi connectivity index (χ4n) is 3.88. The van der Waals surface area contributed by atoms with Gasteiger partial charge in [0.2, 0.25) is 11.9 Å². The summed E-state index contributed by atoms with van der Waals surface area (Å²) < 4.78 is 36.9. The summed E-state index contributed by atoms with van der Waals surface area (Å²) >= 11 is 0. The molecule has 1 N–H and O–H groups in total. The Labute approximate surface area is 182 Å². The highest BCUT2D eigenvalue weighted by atomic mass is 19.4. The number of carboxylic acid groups (broad SMARTS) is 1. The van der Waals surface area contributed by atoms with Crippen molar-refractivity contribution in [2.24, 2.45) is 5.41 Å². The Balaban J connectivity index is 0.000000360. The van der Waals surface area contributed by atoms with Crippen molar-refractivity contribution in [1.82, 2.24) is 14.9 Å². The van der Waals surface area contributed by atoms with Crippen molar-refractivity contribution in [2.75, 3.05) is 31.6 Å². The normalized spacial score (nSPS) is 20.9. The molecule has 2 aliphatic heterocycles. The Bertz CT molecular complexity index is 940. The molecular formula is C21H23F3N4O4. The van der Waals surface area contributed by atoms with Crippen LogP contribution >= 0.6 is 0 Å². The van der Waals surface area contributed by atoms with Crippen LogP contribution in [0.2, 0.25) is 0 Å². The number of ether oxygens (including phenoxy) is 1. The standard InChI is InChI=1S/C19H22N4O2.C2HF3O2/c1-25-16-6-4-15(5-7-16)12-22-11-2-8-19(13-22)14-23(17(19)24)18-20-9-3-10-21-18;3-2(4,5)1(6)7/h3-7,9-10H,2,8,11-14H2,1H3;(H,6,7). The van der Waals surface area contributed by atoms with Gasteiger partial charge >= 0.3 is 12.1 Å². The number of hydrogen-bond donors (Lipinski definition) is 1. The molecule has 32 heavy (non-hydrogen) atoms. The van der Waals surface area contributed by atoms with Crippen LogP contribution in [0, 0.1) is 5.41 Å². The van der Waals surface area contributed by atoms with E-state index >= 15 is 0 Å². The van der Waals surface area contributed by atoms with Crippen LogP contribution in [0.1, 0.15) is 18.4 Å². The molecule has 172 valence electrons. The number of rotatable bonds is 4. The van der Waals surface area contributed by atoms with E-state index in [1.54, 1.807) is 30.5 Å². The first-order valence-corrected chi connectivity index (χ1v) is 9.89. The van der Waals surface area contributed by atoms with Gasteiger partial charge in [-0.05, 0) is 43.1 Å². The lowest BCUT2D eigenvalue weighted by Gasteiger charge is -2.52. The number of β-lactam (4-membered cyclic amide) rings is 1. The van der Waals surface area contributed by atoms with Crippen LogP contribution in [0.15, 0.2) is 42.7 Å². The number of anilines is 1. The van der Waals surface area contributed by atoms with Crippen molar-refractivity contribution in [1.29, 1.82) is 0 Å². The molecule has 8 nitrogen and oxygen atoms in total. The van der Waals surface area contributed by atoms with E-state index in [-0.39, 0.29) is 11.3 Å². The van der Waals surface area contributed by atoms with E-state index in [2.05, 4.69) is 27.0 Å². The summed E-state index contributed by atoms with van der Waals surface area (Å²) in [6, 6.07) is 9.91. The maximum atomic E-state index is 12.8. The molecule has 0 saturated carbocycles. The molecule has 1 unspecified atom stereocenters. The zero-order valence-corrected chi connectivity index (χ0v) is 17.4. The van der Waals surface area contributed by atoms with Crippen LogP contribution in [0.3, 0.4) is 0 Å². The molecule has 1 spiro atoms. The van der Waals surface area contributed by atoms with E-state index < -0.39 is 12.1 Å². The van der Waals surface area contributed by atoms with Crippen LogP contribution in [0.4, 0.5) is 19.1 Å². The number of aromatic nitrogens is 2. The number of piperidine rings is 1. The Morgan fingerprint density at radius 3 is 2.34 bits per heavy atom. The number of methoxy groups -OCH3 is 1. The average molecular weight is 452 g/mol. The van der Waals surface area contributed by atoms with Gasteiger partial charge in [-0.25, -0.2) is 14.8 Å². The first-order valence-electron chi connectivity index (χ1n) is 9.89. The number of carbonyl (C=O) groups excluding carboxylic acids is 1. The molecule has 11 heteroatoms. The lowest BCUT2D eigenvalue weighted by Crippen LogP contribution is -2.67.